The molecule has 0 amide bonds. The normalized spacial score (nSPS) is 10.0. The second-order valence-electron chi connectivity index (χ2n) is 3.49. The first-order chi connectivity index (χ1) is 7.75. The molecule has 80 valence electrons. The third-order valence-electron chi connectivity index (χ3n) is 2.24. The van der Waals surface area contributed by atoms with Crippen LogP contribution in [-0.4, -0.2) is 16.1 Å². The first-order valence-electron chi connectivity index (χ1n) is 4.98. The van der Waals surface area contributed by atoms with Gasteiger partial charge in [0.1, 0.15) is 0 Å². The van der Waals surface area contributed by atoms with Crippen LogP contribution in [0.15, 0.2) is 48.7 Å². The van der Waals surface area contributed by atoms with Crippen molar-refractivity contribution < 1.29 is 9.90 Å². The van der Waals surface area contributed by atoms with Gasteiger partial charge in [-0.3, -0.25) is 9.78 Å². The summed E-state index contributed by atoms with van der Waals surface area (Å²) in [5.74, 6) is -0.821. The monoisotopic (exact) mass is 213 g/mol. The van der Waals surface area contributed by atoms with Crippen LogP contribution in [0, 0.1) is 0 Å². The number of carboxylic acids is 1. The molecule has 0 saturated heterocycles. The summed E-state index contributed by atoms with van der Waals surface area (Å²) >= 11 is 0. The minimum absolute atomic E-state index is 0.0423. The van der Waals surface area contributed by atoms with Gasteiger partial charge in [0, 0.05) is 11.8 Å². The Balaban J connectivity index is 2.33. The van der Waals surface area contributed by atoms with Gasteiger partial charge in [-0.1, -0.05) is 24.3 Å². The van der Waals surface area contributed by atoms with Gasteiger partial charge in [-0.15, -0.1) is 0 Å². The van der Waals surface area contributed by atoms with Crippen LogP contribution in [0.2, 0.25) is 0 Å². The molecule has 2 rings (SSSR count). The fourth-order valence-corrected chi connectivity index (χ4v) is 1.55. The zero-order valence-corrected chi connectivity index (χ0v) is 8.63. The Labute approximate surface area is 93.4 Å². The van der Waals surface area contributed by atoms with Gasteiger partial charge >= 0.3 is 5.97 Å². The van der Waals surface area contributed by atoms with E-state index >= 15 is 0 Å². The summed E-state index contributed by atoms with van der Waals surface area (Å²) in [6, 6.07) is 13.1. The molecule has 1 heterocycles. The molecule has 0 radical (unpaired) electrons. The molecular weight excluding hydrogens is 202 g/mol. The van der Waals surface area contributed by atoms with Crippen LogP contribution in [0.5, 0.6) is 0 Å². The Kier molecular flexibility index (Phi) is 2.96. The number of hydrogen-bond donors (Lipinski definition) is 1. The summed E-state index contributed by atoms with van der Waals surface area (Å²) in [5, 5.41) is 8.71. The van der Waals surface area contributed by atoms with E-state index in [-0.39, 0.29) is 6.42 Å². The number of benzene rings is 1. The molecule has 2 aromatic rings. The molecule has 0 saturated carbocycles. The maximum absolute atomic E-state index is 10.6. The first-order valence-corrected chi connectivity index (χ1v) is 4.98. The Bertz CT molecular complexity index is 494. The van der Waals surface area contributed by atoms with Crippen LogP contribution in [0.25, 0.3) is 11.3 Å². The molecule has 1 N–H and O–H groups in total. The minimum atomic E-state index is -0.821. The summed E-state index contributed by atoms with van der Waals surface area (Å²) < 4.78 is 0. The maximum atomic E-state index is 10.6. The SMILES string of the molecule is O=C(O)Cc1cccc(-c2ccccn2)c1. The highest BCUT2D eigenvalue weighted by molar-refractivity contribution is 5.71. The van der Waals surface area contributed by atoms with Crippen molar-refractivity contribution in [1.82, 2.24) is 4.98 Å². The highest BCUT2D eigenvalue weighted by atomic mass is 16.4. The molecule has 3 nitrogen and oxygen atoms in total. The van der Waals surface area contributed by atoms with E-state index in [9.17, 15) is 4.79 Å². The fourth-order valence-electron chi connectivity index (χ4n) is 1.55. The molecule has 1 aromatic heterocycles. The molecule has 0 spiro atoms. The van der Waals surface area contributed by atoms with Crippen molar-refractivity contribution in [2.75, 3.05) is 0 Å². The summed E-state index contributed by atoms with van der Waals surface area (Å²) in [4.78, 5) is 14.8. The molecule has 0 aliphatic carbocycles. The Morgan fingerprint density at radius 3 is 2.75 bits per heavy atom. The van der Waals surface area contributed by atoms with Crippen molar-refractivity contribution in [1.29, 1.82) is 0 Å². The number of carboxylic acid groups (broad SMARTS) is 1. The van der Waals surface area contributed by atoms with Crippen molar-refractivity contribution in [3.05, 3.63) is 54.2 Å². The summed E-state index contributed by atoms with van der Waals surface area (Å²) in [6.07, 6.45) is 1.76. The summed E-state index contributed by atoms with van der Waals surface area (Å²) in [5.41, 5.74) is 2.59. The number of pyridine rings is 1. The zero-order valence-electron chi connectivity index (χ0n) is 8.63. The lowest BCUT2D eigenvalue weighted by molar-refractivity contribution is -0.136. The van der Waals surface area contributed by atoms with E-state index in [1.165, 1.54) is 0 Å². The van der Waals surface area contributed by atoms with Gasteiger partial charge in [0.25, 0.3) is 0 Å². The van der Waals surface area contributed by atoms with E-state index < -0.39 is 5.97 Å². The molecular formula is C13H11NO2. The van der Waals surface area contributed by atoms with Gasteiger partial charge < -0.3 is 5.11 Å². The molecule has 0 atom stereocenters. The molecule has 3 heteroatoms. The minimum Gasteiger partial charge on any atom is -0.481 e. The number of aliphatic carboxylic acids is 1. The smallest absolute Gasteiger partial charge is 0.307 e. The van der Waals surface area contributed by atoms with E-state index in [0.29, 0.717) is 0 Å². The lowest BCUT2D eigenvalue weighted by Crippen LogP contribution is -1.99. The number of carbonyl (C=O) groups is 1. The van der Waals surface area contributed by atoms with Crippen molar-refractivity contribution in [3.8, 4) is 11.3 Å². The first kappa shape index (κ1) is 10.4. The molecule has 0 fully saturated rings. The van der Waals surface area contributed by atoms with Crippen LogP contribution in [0.3, 0.4) is 0 Å². The predicted octanol–water partition coefficient (Wildman–Crippen LogP) is 2.38. The highest BCUT2D eigenvalue weighted by Crippen LogP contribution is 2.17. The zero-order chi connectivity index (χ0) is 11.4. The van der Waals surface area contributed by atoms with Crippen molar-refractivity contribution in [2.45, 2.75) is 6.42 Å². The van der Waals surface area contributed by atoms with Crippen LogP contribution in [0.1, 0.15) is 5.56 Å². The van der Waals surface area contributed by atoms with Crippen molar-refractivity contribution in [2.24, 2.45) is 0 Å². The standard InChI is InChI=1S/C13H11NO2/c15-13(16)9-10-4-3-5-11(8-10)12-6-1-2-7-14-12/h1-8H,9H2,(H,15,16). The van der Waals surface area contributed by atoms with Gasteiger partial charge in [-0.25, -0.2) is 0 Å². The van der Waals surface area contributed by atoms with E-state index in [4.69, 9.17) is 5.11 Å². The van der Waals surface area contributed by atoms with E-state index in [0.717, 1.165) is 16.8 Å². The highest BCUT2D eigenvalue weighted by Gasteiger charge is 2.03. The average molecular weight is 213 g/mol. The largest absolute Gasteiger partial charge is 0.481 e. The van der Waals surface area contributed by atoms with Crippen LogP contribution in [0.4, 0.5) is 0 Å². The molecule has 16 heavy (non-hydrogen) atoms. The summed E-state index contributed by atoms with van der Waals surface area (Å²) in [7, 11) is 0. The van der Waals surface area contributed by atoms with Gasteiger partial charge in [0.2, 0.25) is 0 Å². The van der Waals surface area contributed by atoms with Crippen LogP contribution >= 0.6 is 0 Å². The molecule has 1 aromatic carbocycles. The van der Waals surface area contributed by atoms with Crippen molar-refractivity contribution in [3.63, 3.8) is 0 Å². The second-order valence-corrected chi connectivity index (χ2v) is 3.49. The van der Waals surface area contributed by atoms with Gasteiger partial charge in [-0.2, -0.15) is 0 Å². The Hall–Kier alpha value is -2.16. The van der Waals surface area contributed by atoms with Crippen molar-refractivity contribution >= 4 is 5.97 Å². The van der Waals surface area contributed by atoms with E-state index in [1.54, 1.807) is 12.3 Å². The van der Waals surface area contributed by atoms with Gasteiger partial charge in [-0.05, 0) is 23.8 Å². The fraction of sp³-hybridized carbons (Fsp3) is 0.0769. The van der Waals surface area contributed by atoms with Crippen LogP contribution < -0.4 is 0 Å². The van der Waals surface area contributed by atoms with Gasteiger partial charge in [0.05, 0.1) is 12.1 Å². The Morgan fingerprint density at radius 1 is 1.19 bits per heavy atom. The number of hydrogen-bond acceptors (Lipinski definition) is 2. The summed E-state index contributed by atoms with van der Waals surface area (Å²) in [6.45, 7) is 0. The lowest BCUT2D eigenvalue weighted by atomic mass is 10.1. The number of rotatable bonds is 3. The predicted molar refractivity (Wildman–Crippen MR) is 61.0 cm³/mol. The Morgan fingerprint density at radius 2 is 2.06 bits per heavy atom. The average Bonchev–Trinajstić information content (AvgIpc) is 2.30. The third kappa shape index (κ3) is 2.45. The maximum Gasteiger partial charge on any atom is 0.307 e. The van der Waals surface area contributed by atoms with Gasteiger partial charge in [0.15, 0.2) is 0 Å². The van der Waals surface area contributed by atoms with Crippen LogP contribution in [-0.2, 0) is 11.2 Å². The molecule has 0 aliphatic rings. The number of aromatic nitrogens is 1. The molecule has 0 aliphatic heterocycles. The van der Waals surface area contributed by atoms with E-state index in [1.807, 2.05) is 36.4 Å². The number of nitrogens with zero attached hydrogens (tertiary/aromatic N) is 1. The lowest BCUT2D eigenvalue weighted by Gasteiger charge is -2.02. The topological polar surface area (TPSA) is 50.2 Å². The van der Waals surface area contributed by atoms with E-state index in [2.05, 4.69) is 4.98 Å². The quantitative estimate of drug-likeness (QED) is 0.851. The second kappa shape index (κ2) is 4.57. The molecule has 0 bridgehead atoms. The third-order valence-corrected chi connectivity index (χ3v) is 2.24. The molecule has 0 unspecified atom stereocenters.